The number of carbonyl (C=O) groups is 1. The lowest BCUT2D eigenvalue weighted by molar-refractivity contribution is -0.130. The number of nitrogens with two attached hydrogens (primary N) is 1. The van der Waals surface area contributed by atoms with E-state index in [1.54, 1.807) is 0 Å². The maximum absolute atomic E-state index is 12.8. The molecule has 0 radical (unpaired) electrons. The topological polar surface area (TPSA) is 55.1 Å². The maximum Gasteiger partial charge on any atom is 0.226 e. The molecule has 0 aliphatic heterocycles. The molecule has 1 amide bonds. The Kier molecular flexibility index (Phi) is 6.35. The van der Waals surface area contributed by atoms with Crippen molar-refractivity contribution in [3.8, 4) is 0 Å². The van der Waals surface area contributed by atoms with Gasteiger partial charge < -0.3 is 11.1 Å². The fraction of sp³-hybridized carbons (Fsp3) is 0.611. The van der Waals surface area contributed by atoms with Gasteiger partial charge in [0.1, 0.15) is 0 Å². The summed E-state index contributed by atoms with van der Waals surface area (Å²) < 4.78 is 0. The van der Waals surface area contributed by atoms with E-state index in [-0.39, 0.29) is 29.8 Å². The summed E-state index contributed by atoms with van der Waals surface area (Å²) in [6, 6.07) is 8.00. The van der Waals surface area contributed by atoms with E-state index in [9.17, 15) is 4.79 Å². The zero-order valence-corrected chi connectivity index (χ0v) is 15.0. The molecule has 0 saturated heterocycles. The second-order valence-electron chi connectivity index (χ2n) is 7.01. The first-order valence-electron chi connectivity index (χ1n) is 8.37. The maximum atomic E-state index is 12.8. The van der Waals surface area contributed by atoms with Crippen molar-refractivity contribution in [3.05, 3.63) is 34.9 Å². The molecule has 3 nitrogen and oxygen atoms in total. The van der Waals surface area contributed by atoms with Crippen molar-refractivity contribution in [1.82, 2.24) is 5.32 Å². The smallest absolute Gasteiger partial charge is 0.226 e. The van der Waals surface area contributed by atoms with Gasteiger partial charge in [-0.2, -0.15) is 0 Å². The predicted molar refractivity (Wildman–Crippen MR) is 97.0 cm³/mol. The van der Waals surface area contributed by atoms with Crippen LogP contribution in [0.1, 0.15) is 44.1 Å². The lowest BCUT2D eigenvalue weighted by Gasteiger charge is -2.28. The fourth-order valence-electron chi connectivity index (χ4n) is 3.66. The summed E-state index contributed by atoms with van der Waals surface area (Å²) in [5.74, 6) is 0.800. The first-order chi connectivity index (χ1) is 10.6. The highest BCUT2D eigenvalue weighted by molar-refractivity contribution is 6.30. The monoisotopic (exact) mass is 356 g/mol. The number of hydrogen-bond donors (Lipinski definition) is 2. The van der Waals surface area contributed by atoms with Gasteiger partial charge in [-0.25, -0.2) is 0 Å². The van der Waals surface area contributed by atoms with Gasteiger partial charge in [-0.05, 0) is 55.7 Å². The van der Waals surface area contributed by atoms with E-state index in [1.807, 2.05) is 18.2 Å². The second-order valence-corrected chi connectivity index (χ2v) is 7.44. The molecule has 5 heteroatoms. The van der Waals surface area contributed by atoms with Crippen LogP contribution in [-0.2, 0) is 11.2 Å². The minimum absolute atomic E-state index is 0. The van der Waals surface area contributed by atoms with Gasteiger partial charge >= 0.3 is 0 Å². The molecule has 0 bridgehead atoms. The Labute approximate surface area is 149 Å². The van der Waals surface area contributed by atoms with Gasteiger partial charge in [0, 0.05) is 17.6 Å². The van der Waals surface area contributed by atoms with Crippen LogP contribution in [0.4, 0.5) is 0 Å². The highest BCUT2D eigenvalue weighted by atomic mass is 35.5. The molecule has 128 valence electrons. The van der Waals surface area contributed by atoms with Gasteiger partial charge in [-0.15, -0.1) is 12.4 Å². The minimum Gasteiger partial charge on any atom is -0.354 e. The highest BCUT2D eigenvalue weighted by Gasteiger charge is 2.41. The Morgan fingerprint density at radius 2 is 2.04 bits per heavy atom. The Morgan fingerprint density at radius 3 is 2.65 bits per heavy atom. The lowest BCUT2D eigenvalue weighted by atomic mass is 9.79. The lowest BCUT2D eigenvalue weighted by Crippen LogP contribution is -2.46. The van der Waals surface area contributed by atoms with Gasteiger partial charge in [-0.3, -0.25) is 4.79 Å². The normalized spacial score (nSPS) is 20.6. The first kappa shape index (κ1) is 18.6. The van der Waals surface area contributed by atoms with Gasteiger partial charge in [0.15, 0.2) is 0 Å². The van der Waals surface area contributed by atoms with Crippen LogP contribution >= 0.6 is 24.0 Å². The number of nitrogens with one attached hydrogen (secondary N) is 1. The van der Waals surface area contributed by atoms with Crippen LogP contribution in [0, 0.1) is 11.3 Å². The summed E-state index contributed by atoms with van der Waals surface area (Å²) in [6.07, 6.45) is 7.38. The summed E-state index contributed by atoms with van der Waals surface area (Å²) in [7, 11) is 0. The third-order valence-electron chi connectivity index (χ3n) is 5.20. The largest absolute Gasteiger partial charge is 0.354 e. The molecule has 0 heterocycles. The van der Waals surface area contributed by atoms with Gasteiger partial charge in [0.2, 0.25) is 5.91 Å². The van der Waals surface area contributed by atoms with Crippen LogP contribution < -0.4 is 11.1 Å². The summed E-state index contributed by atoms with van der Waals surface area (Å²) in [5.41, 5.74) is 6.99. The molecule has 2 saturated carbocycles. The van der Waals surface area contributed by atoms with Crippen LogP contribution in [0.15, 0.2) is 24.3 Å². The van der Waals surface area contributed by atoms with E-state index in [2.05, 4.69) is 11.4 Å². The van der Waals surface area contributed by atoms with Crippen molar-refractivity contribution >= 4 is 29.9 Å². The summed E-state index contributed by atoms with van der Waals surface area (Å²) in [6.45, 7) is 0.612. The average Bonchev–Trinajstić information content (AvgIpc) is 3.25. The predicted octanol–water partition coefficient (Wildman–Crippen LogP) is 3.72. The van der Waals surface area contributed by atoms with E-state index in [0.717, 1.165) is 42.7 Å². The van der Waals surface area contributed by atoms with Crippen molar-refractivity contribution in [2.45, 2.75) is 51.0 Å². The zero-order valence-electron chi connectivity index (χ0n) is 13.4. The number of hydrogen-bond acceptors (Lipinski definition) is 2. The third kappa shape index (κ3) is 4.62. The van der Waals surface area contributed by atoms with Crippen molar-refractivity contribution < 1.29 is 4.79 Å². The van der Waals surface area contributed by atoms with Crippen molar-refractivity contribution in [1.29, 1.82) is 0 Å². The van der Waals surface area contributed by atoms with Crippen LogP contribution in [0.2, 0.25) is 5.02 Å². The van der Waals surface area contributed by atoms with E-state index in [0.29, 0.717) is 12.5 Å². The van der Waals surface area contributed by atoms with Gasteiger partial charge in [-0.1, -0.05) is 36.6 Å². The molecule has 23 heavy (non-hydrogen) atoms. The van der Waals surface area contributed by atoms with Crippen molar-refractivity contribution in [2.75, 3.05) is 6.54 Å². The third-order valence-corrected chi connectivity index (χ3v) is 5.43. The molecule has 1 atom stereocenters. The van der Waals surface area contributed by atoms with Crippen LogP contribution in [-0.4, -0.2) is 18.5 Å². The summed E-state index contributed by atoms with van der Waals surface area (Å²) >= 11 is 6.08. The molecule has 0 aromatic heterocycles. The number of benzene rings is 1. The first-order valence-corrected chi connectivity index (χ1v) is 8.75. The Morgan fingerprint density at radius 1 is 1.35 bits per heavy atom. The molecular weight excluding hydrogens is 331 g/mol. The molecule has 1 unspecified atom stereocenters. The number of halogens is 2. The highest BCUT2D eigenvalue weighted by Crippen LogP contribution is 2.41. The number of amides is 1. The van der Waals surface area contributed by atoms with Crippen LogP contribution in [0.5, 0.6) is 0 Å². The summed E-state index contributed by atoms with van der Waals surface area (Å²) in [4.78, 5) is 12.8. The van der Waals surface area contributed by atoms with Crippen molar-refractivity contribution in [2.24, 2.45) is 17.1 Å². The van der Waals surface area contributed by atoms with E-state index < -0.39 is 0 Å². The number of rotatable bonds is 6. The fourth-order valence-corrected chi connectivity index (χ4v) is 3.88. The van der Waals surface area contributed by atoms with E-state index in [1.165, 1.54) is 12.8 Å². The summed E-state index contributed by atoms with van der Waals surface area (Å²) in [5, 5.41) is 3.86. The Balaban J connectivity index is 0.00000192. The van der Waals surface area contributed by atoms with E-state index >= 15 is 0 Å². The second kappa shape index (κ2) is 7.87. The minimum atomic E-state index is -0.270. The van der Waals surface area contributed by atoms with Crippen LogP contribution in [0.3, 0.4) is 0 Å². The van der Waals surface area contributed by atoms with Gasteiger partial charge in [0.05, 0.1) is 5.41 Å². The zero-order chi connectivity index (χ0) is 15.6. The average molecular weight is 357 g/mol. The molecule has 1 aromatic rings. The number of carbonyl (C=O) groups excluding carboxylic acids is 1. The molecule has 1 aromatic carbocycles. The molecule has 0 spiro atoms. The van der Waals surface area contributed by atoms with E-state index in [4.69, 9.17) is 17.3 Å². The van der Waals surface area contributed by atoms with Gasteiger partial charge in [0.25, 0.3) is 0 Å². The standard InChI is InChI=1S/C18H25ClN2O.ClH/c19-15-5-3-4-13(10-15)11-18(8-1-2-9-18)17(22)21-12-16(20)14-6-7-14;/h3-5,10,14,16H,1-2,6-9,11-12,20H2,(H,21,22);1H. The quantitative estimate of drug-likeness (QED) is 0.815. The molecule has 2 fully saturated rings. The molecule has 3 rings (SSSR count). The molecular formula is C18H26Cl2N2O. The molecule has 2 aliphatic rings. The Hall–Kier alpha value is -0.770. The molecule has 2 aliphatic carbocycles. The van der Waals surface area contributed by atoms with Crippen molar-refractivity contribution in [3.63, 3.8) is 0 Å². The molecule has 3 N–H and O–H groups in total. The SMILES string of the molecule is Cl.NC(CNC(=O)C1(Cc2cccc(Cl)c2)CCCC1)C1CC1. The van der Waals surface area contributed by atoms with Crippen LogP contribution in [0.25, 0.3) is 0 Å². The Bertz CT molecular complexity index is 540.